The highest BCUT2D eigenvalue weighted by molar-refractivity contribution is 5.91. The summed E-state index contributed by atoms with van der Waals surface area (Å²) in [6, 6.07) is 0. The minimum atomic E-state index is -0.0710. The van der Waals surface area contributed by atoms with Gasteiger partial charge in [0.25, 0.3) is 0 Å². The second-order valence-corrected chi connectivity index (χ2v) is 7.94. The molecule has 6 atom stereocenters. The third kappa shape index (κ3) is 1.70. The first kappa shape index (κ1) is 13.1. The van der Waals surface area contributed by atoms with Crippen LogP contribution in [0.3, 0.4) is 0 Å². The van der Waals surface area contributed by atoms with Gasteiger partial charge in [-0.25, -0.2) is 0 Å². The van der Waals surface area contributed by atoms with E-state index in [1.807, 2.05) is 6.08 Å². The van der Waals surface area contributed by atoms with Crippen LogP contribution in [0.5, 0.6) is 0 Å². The van der Waals surface area contributed by atoms with E-state index in [-0.39, 0.29) is 11.5 Å². The molecule has 0 amide bonds. The zero-order valence-corrected chi connectivity index (χ0v) is 12.5. The molecule has 4 aliphatic rings. The van der Waals surface area contributed by atoms with Crippen LogP contribution in [-0.4, -0.2) is 17.0 Å². The molecule has 3 fully saturated rings. The van der Waals surface area contributed by atoms with Crippen LogP contribution >= 0.6 is 0 Å². The maximum Gasteiger partial charge on any atom is 0.155 e. The van der Waals surface area contributed by atoms with Gasteiger partial charge in [-0.3, -0.25) is 4.79 Å². The predicted molar refractivity (Wildman–Crippen MR) is 78.1 cm³/mol. The summed E-state index contributed by atoms with van der Waals surface area (Å²) in [7, 11) is 0. The van der Waals surface area contributed by atoms with Crippen molar-refractivity contribution in [2.45, 2.75) is 64.4 Å². The molecule has 0 spiro atoms. The maximum absolute atomic E-state index is 11.6. The summed E-state index contributed by atoms with van der Waals surface area (Å²) >= 11 is 0. The Morgan fingerprint density at radius 1 is 1.10 bits per heavy atom. The van der Waals surface area contributed by atoms with Crippen molar-refractivity contribution in [2.75, 3.05) is 0 Å². The van der Waals surface area contributed by atoms with Gasteiger partial charge in [0.05, 0.1) is 6.10 Å². The number of fused-ring (bicyclic) bond motifs is 5. The largest absolute Gasteiger partial charge is 0.393 e. The molecule has 0 aromatic heterocycles. The third-order valence-electron chi connectivity index (χ3n) is 7.25. The Morgan fingerprint density at radius 2 is 1.95 bits per heavy atom. The van der Waals surface area contributed by atoms with Crippen molar-refractivity contribution in [3.05, 3.63) is 11.6 Å². The van der Waals surface area contributed by atoms with E-state index in [9.17, 15) is 9.90 Å². The quantitative estimate of drug-likeness (QED) is 0.734. The lowest BCUT2D eigenvalue weighted by Gasteiger charge is -2.53. The summed E-state index contributed by atoms with van der Waals surface area (Å²) in [5.74, 6) is 3.38. The van der Waals surface area contributed by atoms with E-state index >= 15 is 0 Å². The molecule has 4 aliphatic carbocycles. The molecule has 0 aromatic rings. The number of aliphatic hydroxyl groups is 1. The number of hydrogen-bond acceptors (Lipinski definition) is 2. The first-order valence-corrected chi connectivity index (χ1v) is 8.51. The molecule has 0 aliphatic heterocycles. The van der Waals surface area contributed by atoms with Crippen LogP contribution in [0.1, 0.15) is 58.3 Å². The van der Waals surface area contributed by atoms with E-state index in [1.54, 1.807) is 0 Å². The molecule has 2 heteroatoms. The highest BCUT2D eigenvalue weighted by atomic mass is 16.3. The van der Waals surface area contributed by atoms with Gasteiger partial charge in [0.15, 0.2) is 5.78 Å². The number of hydrogen-bond donors (Lipinski definition) is 1. The fourth-order valence-corrected chi connectivity index (χ4v) is 6.15. The molecule has 2 nitrogen and oxygen atoms in total. The average Bonchev–Trinajstić information content (AvgIpc) is 2.74. The molecule has 3 saturated carbocycles. The number of allylic oxidation sites excluding steroid dienone is 1. The van der Waals surface area contributed by atoms with E-state index in [0.717, 1.165) is 43.4 Å². The molecule has 0 saturated heterocycles. The minimum Gasteiger partial charge on any atom is -0.393 e. The SMILES string of the molecule is C[C@]12CC[C@H]3[C@@H](CCC4=CC(=O)CC[C@H]43)[C@@H]1CC[C@H]2O. The number of rotatable bonds is 0. The third-order valence-corrected chi connectivity index (χ3v) is 7.25. The molecule has 0 radical (unpaired) electrons. The van der Waals surface area contributed by atoms with Crippen LogP contribution < -0.4 is 0 Å². The van der Waals surface area contributed by atoms with Gasteiger partial charge in [0.1, 0.15) is 0 Å². The summed E-state index contributed by atoms with van der Waals surface area (Å²) in [5, 5.41) is 10.4. The van der Waals surface area contributed by atoms with Crippen molar-refractivity contribution in [2.24, 2.45) is 29.1 Å². The Morgan fingerprint density at radius 3 is 2.80 bits per heavy atom. The van der Waals surface area contributed by atoms with Crippen LogP contribution in [0.4, 0.5) is 0 Å². The second-order valence-electron chi connectivity index (χ2n) is 7.94. The molecule has 4 rings (SSSR count). The van der Waals surface area contributed by atoms with Gasteiger partial charge < -0.3 is 5.11 Å². The average molecular weight is 274 g/mol. The molecule has 0 heterocycles. The molecule has 110 valence electrons. The van der Waals surface area contributed by atoms with Crippen molar-refractivity contribution in [3.8, 4) is 0 Å². The summed E-state index contributed by atoms with van der Waals surface area (Å²) in [6.07, 6.45) is 10.9. The van der Waals surface area contributed by atoms with Crippen molar-refractivity contribution in [3.63, 3.8) is 0 Å². The van der Waals surface area contributed by atoms with Crippen molar-refractivity contribution < 1.29 is 9.90 Å². The summed E-state index contributed by atoms with van der Waals surface area (Å²) in [6.45, 7) is 2.33. The summed E-state index contributed by atoms with van der Waals surface area (Å²) in [5.41, 5.74) is 1.65. The van der Waals surface area contributed by atoms with E-state index in [0.29, 0.717) is 11.7 Å². The first-order valence-electron chi connectivity index (χ1n) is 8.51. The lowest BCUT2D eigenvalue weighted by atomic mass is 9.52. The van der Waals surface area contributed by atoms with E-state index in [2.05, 4.69) is 6.92 Å². The first-order chi connectivity index (χ1) is 9.59. The molecule has 0 bridgehead atoms. The maximum atomic E-state index is 11.6. The van der Waals surface area contributed by atoms with Crippen LogP contribution in [0.25, 0.3) is 0 Å². The second kappa shape index (κ2) is 4.43. The number of aliphatic hydroxyl groups excluding tert-OH is 1. The van der Waals surface area contributed by atoms with Crippen molar-refractivity contribution in [1.82, 2.24) is 0 Å². The number of carbonyl (C=O) groups excluding carboxylic acids is 1. The zero-order chi connectivity index (χ0) is 13.9. The van der Waals surface area contributed by atoms with Gasteiger partial charge in [-0.15, -0.1) is 0 Å². The topological polar surface area (TPSA) is 37.3 Å². The van der Waals surface area contributed by atoms with Crippen LogP contribution in [0.15, 0.2) is 11.6 Å². The molecule has 20 heavy (non-hydrogen) atoms. The van der Waals surface area contributed by atoms with E-state index < -0.39 is 0 Å². The lowest BCUT2D eigenvalue weighted by Crippen LogP contribution is -2.47. The highest BCUT2D eigenvalue weighted by Gasteiger charge is 2.55. The standard InChI is InChI=1S/C18H26O2/c1-18-9-8-14-13-5-3-12(19)10-11(13)2-4-15(14)16(18)6-7-17(18)20/h10,13-17,20H,2-9H2,1H3/t13-,14-,15-,16+,17-,18+/m1/s1. The smallest absolute Gasteiger partial charge is 0.155 e. The molecular weight excluding hydrogens is 248 g/mol. The Labute approximate surface area is 121 Å². The van der Waals surface area contributed by atoms with Gasteiger partial charge >= 0.3 is 0 Å². The Balaban J connectivity index is 1.63. The Bertz CT molecular complexity index is 466. The molecule has 0 unspecified atom stereocenters. The normalized spacial score (nSPS) is 51.0. The highest BCUT2D eigenvalue weighted by Crippen LogP contribution is 2.61. The predicted octanol–water partition coefficient (Wildman–Crippen LogP) is 3.49. The van der Waals surface area contributed by atoms with Gasteiger partial charge in [-0.1, -0.05) is 12.5 Å². The van der Waals surface area contributed by atoms with Gasteiger partial charge in [0.2, 0.25) is 0 Å². The zero-order valence-electron chi connectivity index (χ0n) is 12.5. The number of ketones is 1. The van der Waals surface area contributed by atoms with Crippen molar-refractivity contribution in [1.29, 1.82) is 0 Å². The van der Waals surface area contributed by atoms with Gasteiger partial charge in [-0.2, -0.15) is 0 Å². The van der Waals surface area contributed by atoms with E-state index in [4.69, 9.17) is 0 Å². The van der Waals surface area contributed by atoms with Gasteiger partial charge in [-0.05, 0) is 80.1 Å². The Kier molecular flexibility index (Phi) is 2.89. The molecule has 1 N–H and O–H groups in total. The van der Waals surface area contributed by atoms with Crippen LogP contribution in [0.2, 0.25) is 0 Å². The Hall–Kier alpha value is -0.630. The van der Waals surface area contributed by atoms with E-state index in [1.165, 1.54) is 31.3 Å². The fraction of sp³-hybridized carbons (Fsp3) is 0.833. The molecular formula is C18H26O2. The van der Waals surface area contributed by atoms with Crippen LogP contribution in [-0.2, 0) is 4.79 Å². The summed E-state index contributed by atoms with van der Waals surface area (Å²) in [4.78, 5) is 11.6. The van der Waals surface area contributed by atoms with Gasteiger partial charge in [0, 0.05) is 6.42 Å². The molecule has 0 aromatic carbocycles. The van der Waals surface area contributed by atoms with Crippen LogP contribution in [0, 0.1) is 29.1 Å². The minimum absolute atomic E-state index is 0.0710. The summed E-state index contributed by atoms with van der Waals surface area (Å²) < 4.78 is 0. The monoisotopic (exact) mass is 274 g/mol. The number of carbonyl (C=O) groups is 1. The fourth-order valence-electron chi connectivity index (χ4n) is 6.15. The lowest BCUT2D eigenvalue weighted by molar-refractivity contribution is -0.116. The van der Waals surface area contributed by atoms with Crippen molar-refractivity contribution >= 4 is 5.78 Å².